The van der Waals surface area contributed by atoms with Crippen LogP contribution in [0.5, 0.6) is 0 Å². The number of carbonyl (C=O) groups excluding carboxylic acids is 1. The van der Waals surface area contributed by atoms with Crippen LogP contribution in [0.15, 0.2) is 21.9 Å². The summed E-state index contributed by atoms with van der Waals surface area (Å²) in [6, 6.07) is 4.07. The normalized spacial score (nSPS) is 16.4. The molecule has 2 aromatic rings. The summed E-state index contributed by atoms with van der Waals surface area (Å²) >= 11 is 1.59. The molecule has 0 aliphatic carbocycles. The van der Waals surface area contributed by atoms with Crippen molar-refractivity contribution in [1.82, 2.24) is 15.2 Å². The van der Waals surface area contributed by atoms with Gasteiger partial charge in [-0.1, -0.05) is 0 Å². The van der Waals surface area contributed by atoms with Crippen LogP contribution >= 0.6 is 11.3 Å². The van der Waals surface area contributed by atoms with Gasteiger partial charge in [0.05, 0.1) is 23.7 Å². The molecule has 1 fully saturated rings. The van der Waals surface area contributed by atoms with E-state index in [4.69, 9.17) is 4.42 Å². The molecule has 130 valence electrons. The lowest BCUT2D eigenvalue weighted by Gasteiger charge is -2.31. The van der Waals surface area contributed by atoms with Crippen LogP contribution < -0.4 is 5.32 Å². The summed E-state index contributed by atoms with van der Waals surface area (Å²) in [5.41, 5.74) is 0.874. The average Bonchev–Trinajstić information content (AvgIpc) is 3.15. The van der Waals surface area contributed by atoms with E-state index in [0.717, 1.165) is 61.2 Å². The van der Waals surface area contributed by atoms with E-state index in [-0.39, 0.29) is 5.91 Å². The summed E-state index contributed by atoms with van der Waals surface area (Å²) in [7, 11) is 0. The Balaban J connectivity index is 1.35. The molecule has 6 heteroatoms. The number of amides is 1. The highest BCUT2D eigenvalue weighted by Gasteiger charge is 2.20. The maximum absolute atomic E-state index is 12.0. The summed E-state index contributed by atoms with van der Waals surface area (Å²) in [6.45, 7) is 7.72. The van der Waals surface area contributed by atoms with Crippen molar-refractivity contribution in [2.45, 2.75) is 39.7 Å². The molecule has 3 heterocycles. The molecule has 24 heavy (non-hydrogen) atoms. The lowest BCUT2D eigenvalue weighted by molar-refractivity contribution is -0.120. The number of nitrogens with one attached hydrogen (secondary N) is 1. The number of carbonyl (C=O) groups is 1. The first-order valence-corrected chi connectivity index (χ1v) is 9.42. The van der Waals surface area contributed by atoms with Crippen LogP contribution in [-0.4, -0.2) is 35.4 Å². The predicted octanol–water partition coefficient (Wildman–Crippen LogP) is 2.92. The maximum atomic E-state index is 12.0. The molecule has 1 amide bonds. The van der Waals surface area contributed by atoms with Gasteiger partial charge in [0, 0.05) is 11.9 Å². The van der Waals surface area contributed by atoms with Gasteiger partial charge in [-0.2, -0.15) is 0 Å². The van der Waals surface area contributed by atoms with Crippen molar-refractivity contribution in [1.29, 1.82) is 0 Å². The van der Waals surface area contributed by atoms with Crippen molar-refractivity contribution in [3.63, 3.8) is 0 Å². The first kappa shape index (κ1) is 17.2. The van der Waals surface area contributed by atoms with Crippen LogP contribution in [0.4, 0.5) is 0 Å². The van der Waals surface area contributed by atoms with E-state index in [1.165, 1.54) is 0 Å². The minimum atomic E-state index is 0.0776. The molecule has 1 saturated heterocycles. The van der Waals surface area contributed by atoms with Gasteiger partial charge >= 0.3 is 0 Å². The lowest BCUT2D eigenvalue weighted by Crippen LogP contribution is -2.38. The lowest BCUT2D eigenvalue weighted by atomic mass is 9.96. The minimum Gasteiger partial charge on any atom is -0.465 e. The highest BCUT2D eigenvalue weighted by atomic mass is 32.1. The number of aryl methyl sites for hydroxylation is 2. The predicted molar refractivity (Wildman–Crippen MR) is 95.0 cm³/mol. The number of nitrogens with zero attached hydrogens (tertiary/aromatic N) is 2. The largest absolute Gasteiger partial charge is 0.465 e. The van der Waals surface area contributed by atoms with Gasteiger partial charge < -0.3 is 9.73 Å². The summed E-state index contributed by atoms with van der Waals surface area (Å²) in [4.78, 5) is 18.8. The molecular weight excluding hydrogens is 322 g/mol. The van der Waals surface area contributed by atoms with Crippen LogP contribution in [0.3, 0.4) is 0 Å². The average molecular weight is 347 g/mol. The first-order chi connectivity index (χ1) is 11.6. The fourth-order valence-electron chi connectivity index (χ4n) is 3.11. The third-order valence-electron chi connectivity index (χ3n) is 4.48. The van der Waals surface area contributed by atoms with Gasteiger partial charge in [-0.05, 0) is 57.8 Å². The van der Waals surface area contributed by atoms with E-state index >= 15 is 0 Å². The van der Waals surface area contributed by atoms with E-state index in [9.17, 15) is 4.79 Å². The van der Waals surface area contributed by atoms with Crippen molar-refractivity contribution in [2.24, 2.45) is 5.92 Å². The number of hydrogen-bond donors (Lipinski definition) is 1. The maximum Gasteiger partial charge on any atom is 0.226 e. The number of piperidine rings is 1. The van der Waals surface area contributed by atoms with Gasteiger partial charge in [0.15, 0.2) is 0 Å². The smallest absolute Gasteiger partial charge is 0.226 e. The molecule has 2 aromatic heterocycles. The molecule has 0 unspecified atom stereocenters. The molecule has 0 spiro atoms. The first-order valence-electron chi connectivity index (χ1n) is 8.54. The third-order valence-corrected chi connectivity index (χ3v) is 5.30. The highest BCUT2D eigenvalue weighted by molar-refractivity contribution is 7.09. The molecule has 0 saturated carbocycles. The Labute approximate surface area is 147 Å². The SMILES string of the molecule is Cc1ccc(CN2CCC(CNC(=O)Cc3csc(C)n3)CC2)o1. The molecule has 1 aliphatic heterocycles. The molecule has 5 nitrogen and oxygen atoms in total. The van der Waals surface area contributed by atoms with Crippen LogP contribution in [-0.2, 0) is 17.8 Å². The Morgan fingerprint density at radius 1 is 1.38 bits per heavy atom. The number of rotatable bonds is 6. The molecule has 0 atom stereocenters. The molecule has 0 aromatic carbocycles. The Bertz CT molecular complexity index is 671. The Kier molecular flexibility index (Phi) is 5.68. The molecule has 1 aliphatic rings. The minimum absolute atomic E-state index is 0.0776. The third kappa shape index (κ3) is 4.92. The quantitative estimate of drug-likeness (QED) is 0.873. The molecular formula is C18H25N3O2S. The fraction of sp³-hybridized carbons (Fsp3) is 0.556. The van der Waals surface area contributed by atoms with Crippen molar-refractivity contribution >= 4 is 17.2 Å². The number of likely N-dealkylation sites (tertiary alicyclic amines) is 1. The second-order valence-corrected chi connectivity index (χ2v) is 7.63. The standard InChI is InChI=1S/C18H25N3O2S/c1-13-3-4-17(23-13)11-21-7-5-15(6-8-21)10-19-18(22)9-16-12-24-14(2)20-16/h3-4,12,15H,5-11H2,1-2H3,(H,19,22). The second-order valence-electron chi connectivity index (χ2n) is 6.57. The zero-order chi connectivity index (χ0) is 16.9. The highest BCUT2D eigenvalue weighted by Crippen LogP contribution is 2.19. The molecule has 0 radical (unpaired) electrons. The van der Waals surface area contributed by atoms with Gasteiger partial charge in [-0.15, -0.1) is 11.3 Å². The van der Waals surface area contributed by atoms with Crippen molar-refractivity contribution < 1.29 is 9.21 Å². The molecule has 1 N–H and O–H groups in total. The summed E-state index contributed by atoms with van der Waals surface area (Å²) in [5, 5.41) is 6.04. The zero-order valence-corrected chi connectivity index (χ0v) is 15.2. The second kappa shape index (κ2) is 7.94. The monoisotopic (exact) mass is 347 g/mol. The van der Waals surface area contributed by atoms with E-state index in [2.05, 4.69) is 21.3 Å². The van der Waals surface area contributed by atoms with Gasteiger partial charge in [-0.25, -0.2) is 4.98 Å². The van der Waals surface area contributed by atoms with Crippen LogP contribution in [0, 0.1) is 19.8 Å². The number of furan rings is 1. The number of thiazole rings is 1. The van der Waals surface area contributed by atoms with Gasteiger partial charge in [0.1, 0.15) is 11.5 Å². The number of hydrogen-bond acceptors (Lipinski definition) is 5. The van der Waals surface area contributed by atoms with E-state index in [1.807, 2.05) is 25.3 Å². The van der Waals surface area contributed by atoms with Crippen LogP contribution in [0.25, 0.3) is 0 Å². The van der Waals surface area contributed by atoms with E-state index in [1.54, 1.807) is 11.3 Å². The van der Waals surface area contributed by atoms with Crippen molar-refractivity contribution in [3.05, 3.63) is 39.7 Å². The summed E-state index contributed by atoms with van der Waals surface area (Å²) in [6.07, 6.45) is 2.63. The van der Waals surface area contributed by atoms with E-state index in [0.29, 0.717) is 12.3 Å². The van der Waals surface area contributed by atoms with Gasteiger partial charge in [0.2, 0.25) is 5.91 Å². The molecule has 3 rings (SSSR count). The summed E-state index contributed by atoms with van der Waals surface area (Å²) in [5.74, 6) is 2.66. The van der Waals surface area contributed by atoms with Crippen LogP contribution in [0.1, 0.15) is 35.1 Å². The van der Waals surface area contributed by atoms with E-state index < -0.39 is 0 Å². The Morgan fingerprint density at radius 2 is 2.17 bits per heavy atom. The fourth-order valence-corrected chi connectivity index (χ4v) is 3.73. The topological polar surface area (TPSA) is 58.4 Å². The Morgan fingerprint density at radius 3 is 2.79 bits per heavy atom. The van der Waals surface area contributed by atoms with Crippen molar-refractivity contribution in [2.75, 3.05) is 19.6 Å². The van der Waals surface area contributed by atoms with Gasteiger partial charge in [-0.3, -0.25) is 9.69 Å². The number of aromatic nitrogens is 1. The Hall–Kier alpha value is -1.66. The molecule has 0 bridgehead atoms. The van der Waals surface area contributed by atoms with Gasteiger partial charge in [0.25, 0.3) is 0 Å². The van der Waals surface area contributed by atoms with Crippen molar-refractivity contribution in [3.8, 4) is 0 Å². The summed E-state index contributed by atoms with van der Waals surface area (Å²) < 4.78 is 5.65. The zero-order valence-electron chi connectivity index (χ0n) is 14.4. The van der Waals surface area contributed by atoms with Crippen LogP contribution in [0.2, 0.25) is 0 Å².